The Bertz CT molecular complexity index is 625. The summed E-state index contributed by atoms with van der Waals surface area (Å²) in [7, 11) is 1.89. The fraction of sp³-hybridized carbons (Fsp3) is 0.357. The van der Waals surface area contributed by atoms with Crippen LogP contribution in [0.1, 0.15) is 33.7 Å². The quantitative estimate of drug-likeness (QED) is 0.917. The van der Waals surface area contributed by atoms with Gasteiger partial charge >= 0.3 is 5.97 Å². The van der Waals surface area contributed by atoms with Crippen LogP contribution in [-0.4, -0.2) is 28.1 Å². The third-order valence-corrected chi connectivity index (χ3v) is 3.75. The Balaban J connectivity index is 2.26. The third kappa shape index (κ3) is 3.33. The second-order valence-corrected chi connectivity index (χ2v) is 5.64. The van der Waals surface area contributed by atoms with Crippen molar-refractivity contribution >= 4 is 23.1 Å². The molecule has 0 unspecified atom stereocenters. The van der Waals surface area contributed by atoms with E-state index in [0.29, 0.717) is 18.8 Å². The molecular weight excluding hydrogens is 274 g/mol. The minimum absolute atomic E-state index is 0.271. The molecule has 1 N–H and O–H groups in total. The summed E-state index contributed by atoms with van der Waals surface area (Å²) in [4.78, 5) is 21.9. The number of carboxylic acid groups (broad SMARTS) is 1. The first kappa shape index (κ1) is 14.5. The lowest BCUT2D eigenvalue weighted by molar-refractivity contribution is 0.0696. The van der Waals surface area contributed by atoms with Crippen LogP contribution in [0.2, 0.25) is 0 Å². The van der Waals surface area contributed by atoms with Crippen LogP contribution >= 0.6 is 11.3 Å². The zero-order chi connectivity index (χ0) is 14.7. The number of anilines is 1. The Morgan fingerprint density at radius 1 is 1.35 bits per heavy atom. The fourth-order valence-corrected chi connectivity index (χ4v) is 2.48. The van der Waals surface area contributed by atoms with Crippen LogP contribution in [0.4, 0.5) is 5.82 Å². The lowest BCUT2D eigenvalue weighted by Crippen LogP contribution is -2.19. The normalized spacial score (nSPS) is 10.6. The molecule has 2 aromatic rings. The highest BCUT2D eigenvalue weighted by molar-refractivity contribution is 7.09. The van der Waals surface area contributed by atoms with Gasteiger partial charge in [-0.25, -0.2) is 14.8 Å². The van der Waals surface area contributed by atoms with E-state index in [1.807, 2.05) is 31.2 Å². The number of nitrogens with zero attached hydrogens (tertiary/aromatic N) is 3. The number of pyridine rings is 1. The molecule has 0 aromatic carbocycles. The summed E-state index contributed by atoms with van der Waals surface area (Å²) in [5.74, 6) is -0.270. The lowest BCUT2D eigenvalue weighted by atomic mass is 10.2. The van der Waals surface area contributed by atoms with Crippen molar-refractivity contribution in [3.8, 4) is 0 Å². The molecule has 2 aromatic heterocycles. The van der Waals surface area contributed by atoms with Gasteiger partial charge in [-0.2, -0.15) is 0 Å². The van der Waals surface area contributed by atoms with Gasteiger partial charge in [0.15, 0.2) is 0 Å². The van der Waals surface area contributed by atoms with Gasteiger partial charge in [0.2, 0.25) is 0 Å². The number of rotatable bonds is 5. The van der Waals surface area contributed by atoms with Crippen LogP contribution in [0.25, 0.3) is 0 Å². The Morgan fingerprint density at radius 3 is 2.65 bits per heavy atom. The maximum absolute atomic E-state index is 11.1. The predicted molar refractivity (Wildman–Crippen MR) is 79.5 cm³/mol. The first-order valence-electron chi connectivity index (χ1n) is 6.36. The minimum Gasteiger partial charge on any atom is -0.478 e. The van der Waals surface area contributed by atoms with Gasteiger partial charge in [-0.3, -0.25) is 0 Å². The van der Waals surface area contributed by atoms with Gasteiger partial charge in [0.1, 0.15) is 5.82 Å². The monoisotopic (exact) mass is 291 g/mol. The zero-order valence-corrected chi connectivity index (χ0v) is 12.6. The average Bonchev–Trinajstić information content (AvgIpc) is 2.83. The summed E-state index contributed by atoms with van der Waals surface area (Å²) in [6, 6.07) is 3.22. The Kier molecular flexibility index (Phi) is 4.34. The zero-order valence-electron chi connectivity index (χ0n) is 11.8. The minimum atomic E-state index is -0.929. The number of thiazole rings is 1. The molecule has 5 nitrogen and oxygen atoms in total. The van der Waals surface area contributed by atoms with Crippen LogP contribution in [-0.2, 0) is 13.0 Å². The van der Waals surface area contributed by atoms with Gasteiger partial charge in [-0.15, -0.1) is 11.3 Å². The van der Waals surface area contributed by atoms with Crippen molar-refractivity contribution < 1.29 is 9.90 Å². The molecular formula is C14H17N3O2S. The Labute approximate surface area is 121 Å². The number of aromatic nitrogens is 2. The lowest BCUT2D eigenvalue weighted by Gasteiger charge is -2.18. The molecule has 0 amide bonds. The van der Waals surface area contributed by atoms with Crippen molar-refractivity contribution in [1.82, 2.24) is 9.97 Å². The van der Waals surface area contributed by atoms with Crippen LogP contribution < -0.4 is 4.90 Å². The number of carboxylic acids is 1. The molecule has 0 aliphatic rings. The van der Waals surface area contributed by atoms with Gasteiger partial charge in [-0.1, -0.05) is 6.92 Å². The molecule has 106 valence electrons. The summed E-state index contributed by atoms with van der Waals surface area (Å²) in [5, 5.41) is 12.2. The maximum atomic E-state index is 11.1. The molecule has 20 heavy (non-hydrogen) atoms. The molecule has 0 aliphatic heterocycles. The topological polar surface area (TPSA) is 66.3 Å². The molecule has 0 spiro atoms. The predicted octanol–water partition coefficient (Wildman–Crippen LogP) is 2.74. The van der Waals surface area contributed by atoms with Crippen LogP contribution in [0.5, 0.6) is 0 Å². The van der Waals surface area contributed by atoms with E-state index >= 15 is 0 Å². The van der Waals surface area contributed by atoms with Crippen LogP contribution in [0.15, 0.2) is 17.5 Å². The molecule has 2 rings (SSSR count). The van der Waals surface area contributed by atoms with E-state index in [0.717, 1.165) is 16.4 Å². The number of carbonyl (C=O) groups is 1. The second-order valence-electron chi connectivity index (χ2n) is 4.58. The van der Waals surface area contributed by atoms with Crippen molar-refractivity contribution in [1.29, 1.82) is 0 Å². The largest absolute Gasteiger partial charge is 0.478 e. The molecule has 0 saturated heterocycles. The Hall–Kier alpha value is -1.95. The fourth-order valence-electron chi connectivity index (χ4n) is 1.88. The molecule has 2 heterocycles. The summed E-state index contributed by atoms with van der Waals surface area (Å²) >= 11 is 1.60. The van der Waals surface area contributed by atoms with Crippen molar-refractivity contribution in [3.63, 3.8) is 0 Å². The Morgan fingerprint density at radius 2 is 2.10 bits per heavy atom. The third-order valence-electron chi connectivity index (χ3n) is 2.93. The van der Waals surface area contributed by atoms with E-state index in [-0.39, 0.29) is 5.56 Å². The molecule has 0 fully saturated rings. The first-order chi connectivity index (χ1) is 9.49. The van der Waals surface area contributed by atoms with Gasteiger partial charge in [0.05, 0.1) is 22.8 Å². The maximum Gasteiger partial charge on any atom is 0.335 e. The summed E-state index contributed by atoms with van der Waals surface area (Å²) < 4.78 is 0. The highest BCUT2D eigenvalue weighted by atomic mass is 32.1. The summed E-state index contributed by atoms with van der Waals surface area (Å²) in [6.07, 6.45) is 0.706. The van der Waals surface area contributed by atoms with Gasteiger partial charge < -0.3 is 10.0 Å². The van der Waals surface area contributed by atoms with Crippen molar-refractivity contribution in [3.05, 3.63) is 39.5 Å². The van der Waals surface area contributed by atoms with E-state index < -0.39 is 5.97 Å². The van der Waals surface area contributed by atoms with Crippen molar-refractivity contribution in [2.24, 2.45) is 0 Å². The molecule has 0 atom stereocenters. The van der Waals surface area contributed by atoms with E-state index in [2.05, 4.69) is 9.97 Å². The van der Waals surface area contributed by atoms with Crippen LogP contribution in [0.3, 0.4) is 0 Å². The van der Waals surface area contributed by atoms with Gasteiger partial charge in [-0.05, 0) is 25.5 Å². The SMILES string of the molecule is CCc1cc(C(=O)O)cc(N(C)Cc2csc(C)n2)n1. The number of aryl methyl sites for hydroxylation is 2. The van der Waals surface area contributed by atoms with E-state index in [4.69, 9.17) is 5.11 Å². The van der Waals surface area contributed by atoms with E-state index in [1.54, 1.807) is 23.5 Å². The summed E-state index contributed by atoms with van der Waals surface area (Å²) in [6.45, 7) is 4.54. The molecule has 0 bridgehead atoms. The molecule has 0 aliphatic carbocycles. The van der Waals surface area contributed by atoms with Gasteiger partial charge in [0.25, 0.3) is 0 Å². The first-order valence-corrected chi connectivity index (χ1v) is 7.24. The smallest absolute Gasteiger partial charge is 0.335 e. The number of hydrogen-bond donors (Lipinski definition) is 1. The van der Waals surface area contributed by atoms with E-state index in [9.17, 15) is 4.79 Å². The van der Waals surface area contributed by atoms with Gasteiger partial charge in [0, 0.05) is 18.1 Å². The van der Waals surface area contributed by atoms with Crippen LogP contribution in [0, 0.1) is 6.92 Å². The highest BCUT2D eigenvalue weighted by Gasteiger charge is 2.12. The number of aromatic carboxylic acids is 1. The molecule has 0 radical (unpaired) electrons. The number of hydrogen-bond acceptors (Lipinski definition) is 5. The van der Waals surface area contributed by atoms with Crippen molar-refractivity contribution in [2.75, 3.05) is 11.9 Å². The molecule has 0 saturated carbocycles. The van der Waals surface area contributed by atoms with E-state index in [1.165, 1.54) is 0 Å². The highest BCUT2D eigenvalue weighted by Crippen LogP contribution is 2.18. The standard InChI is InChI=1S/C14H17N3O2S/c1-4-11-5-10(14(18)19)6-13(16-11)17(3)7-12-8-20-9(2)15-12/h5-6,8H,4,7H2,1-3H3,(H,18,19). The summed E-state index contributed by atoms with van der Waals surface area (Å²) in [5.41, 5.74) is 2.02. The second kappa shape index (κ2) is 6.00. The molecule has 6 heteroatoms. The average molecular weight is 291 g/mol. The van der Waals surface area contributed by atoms with Crippen molar-refractivity contribution in [2.45, 2.75) is 26.8 Å².